The molecule has 0 spiro atoms. The van der Waals surface area contributed by atoms with Gasteiger partial charge in [-0.1, -0.05) is 54.3 Å². The summed E-state index contributed by atoms with van der Waals surface area (Å²) in [7, 11) is 0. The van der Waals surface area contributed by atoms with Crippen LogP contribution in [0, 0.1) is 0 Å². The van der Waals surface area contributed by atoms with Gasteiger partial charge in [0, 0.05) is 5.75 Å². The molecule has 16 heavy (non-hydrogen) atoms. The zero-order valence-electron chi connectivity index (χ0n) is 8.51. The third-order valence-corrected chi connectivity index (χ3v) is 3.33. The van der Waals surface area contributed by atoms with Crippen molar-refractivity contribution >= 4 is 29.0 Å². The predicted octanol–water partition coefficient (Wildman–Crippen LogP) is 2.34. The summed E-state index contributed by atoms with van der Waals surface area (Å²) < 4.78 is 0. The van der Waals surface area contributed by atoms with Gasteiger partial charge in [0.15, 0.2) is 0 Å². The number of hydrogen-bond donors (Lipinski definition) is 2. The van der Waals surface area contributed by atoms with Gasteiger partial charge in [0.25, 0.3) is 0 Å². The summed E-state index contributed by atoms with van der Waals surface area (Å²) in [5.74, 6) is 0.862. The van der Waals surface area contributed by atoms with Gasteiger partial charge in [-0.2, -0.15) is 0 Å². The summed E-state index contributed by atoms with van der Waals surface area (Å²) in [6.45, 7) is 0. The van der Waals surface area contributed by atoms with Crippen molar-refractivity contribution in [2.45, 2.75) is 10.8 Å². The van der Waals surface area contributed by atoms with Gasteiger partial charge in [-0.3, -0.25) is 0 Å². The van der Waals surface area contributed by atoms with Gasteiger partial charge < -0.3 is 10.7 Å². The molecular formula is C11H11N3S2. The second-order valence-electron chi connectivity index (χ2n) is 3.22. The van der Waals surface area contributed by atoms with Crippen molar-refractivity contribution in [2.75, 3.05) is 0 Å². The molecule has 1 heterocycles. The number of thiocarbonyl (C=S) groups is 1. The minimum Gasteiger partial charge on any atom is -0.388 e. The Morgan fingerprint density at radius 1 is 1.38 bits per heavy atom. The molecule has 0 aliphatic heterocycles. The Morgan fingerprint density at radius 2 is 2.12 bits per heavy atom. The van der Waals surface area contributed by atoms with Crippen LogP contribution >= 0.6 is 24.0 Å². The molecule has 1 aromatic heterocycles. The molecule has 3 nitrogen and oxygen atoms in total. The summed E-state index contributed by atoms with van der Waals surface area (Å²) >= 11 is 6.55. The van der Waals surface area contributed by atoms with Crippen LogP contribution in [0.5, 0.6) is 0 Å². The SMILES string of the molecule is NC(=S)c1[nH]cnc1SCc1ccccc1. The molecular weight excluding hydrogens is 238 g/mol. The van der Waals surface area contributed by atoms with Gasteiger partial charge >= 0.3 is 0 Å². The highest BCUT2D eigenvalue weighted by atomic mass is 32.2. The normalized spacial score (nSPS) is 10.2. The molecule has 5 heteroatoms. The van der Waals surface area contributed by atoms with Crippen molar-refractivity contribution in [3.63, 3.8) is 0 Å². The van der Waals surface area contributed by atoms with Crippen molar-refractivity contribution in [3.05, 3.63) is 47.9 Å². The van der Waals surface area contributed by atoms with Crippen molar-refractivity contribution < 1.29 is 0 Å². The summed E-state index contributed by atoms with van der Waals surface area (Å²) in [6, 6.07) is 10.2. The highest BCUT2D eigenvalue weighted by Crippen LogP contribution is 2.23. The first-order valence-electron chi connectivity index (χ1n) is 4.77. The van der Waals surface area contributed by atoms with Crippen molar-refractivity contribution in [1.82, 2.24) is 9.97 Å². The lowest BCUT2D eigenvalue weighted by atomic mass is 10.2. The van der Waals surface area contributed by atoms with E-state index in [1.165, 1.54) is 5.56 Å². The van der Waals surface area contributed by atoms with Crippen LogP contribution in [0.4, 0.5) is 0 Å². The van der Waals surface area contributed by atoms with E-state index in [4.69, 9.17) is 18.0 Å². The Bertz CT molecular complexity index is 479. The van der Waals surface area contributed by atoms with E-state index in [9.17, 15) is 0 Å². The molecule has 0 saturated heterocycles. The van der Waals surface area contributed by atoms with Gasteiger partial charge in [-0.15, -0.1) is 0 Å². The van der Waals surface area contributed by atoms with Crippen LogP contribution in [-0.2, 0) is 5.75 Å². The fourth-order valence-corrected chi connectivity index (χ4v) is 2.45. The maximum atomic E-state index is 5.57. The second kappa shape index (κ2) is 5.14. The molecule has 0 radical (unpaired) electrons. The number of benzene rings is 1. The highest BCUT2D eigenvalue weighted by Gasteiger charge is 2.08. The Labute approximate surface area is 103 Å². The van der Waals surface area contributed by atoms with Crippen LogP contribution in [-0.4, -0.2) is 15.0 Å². The van der Waals surface area contributed by atoms with E-state index in [0.717, 1.165) is 16.5 Å². The van der Waals surface area contributed by atoms with Crippen LogP contribution in [0.3, 0.4) is 0 Å². The van der Waals surface area contributed by atoms with Crippen LogP contribution < -0.4 is 5.73 Å². The van der Waals surface area contributed by atoms with Crippen LogP contribution in [0.1, 0.15) is 11.3 Å². The number of nitrogens with zero attached hydrogens (tertiary/aromatic N) is 1. The first-order valence-corrected chi connectivity index (χ1v) is 6.16. The van der Waals surface area contributed by atoms with Gasteiger partial charge in [0.1, 0.15) is 15.7 Å². The zero-order valence-corrected chi connectivity index (χ0v) is 10.1. The molecule has 0 saturated carbocycles. The molecule has 1 aromatic carbocycles. The smallest absolute Gasteiger partial charge is 0.125 e. The number of aromatic nitrogens is 2. The largest absolute Gasteiger partial charge is 0.388 e. The van der Waals surface area contributed by atoms with Crippen molar-refractivity contribution in [3.8, 4) is 0 Å². The summed E-state index contributed by atoms with van der Waals surface area (Å²) in [6.07, 6.45) is 1.61. The van der Waals surface area contributed by atoms with Crippen LogP contribution in [0.15, 0.2) is 41.7 Å². The van der Waals surface area contributed by atoms with E-state index in [2.05, 4.69) is 22.1 Å². The zero-order chi connectivity index (χ0) is 11.4. The lowest BCUT2D eigenvalue weighted by Gasteiger charge is -2.01. The Hall–Kier alpha value is -1.33. The topological polar surface area (TPSA) is 54.7 Å². The molecule has 0 unspecified atom stereocenters. The van der Waals surface area contributed by atoms with Gasteiger partial charge in [0.2, 0.25) is 0 Å². The fourth-order valence-electron chi connectivity index (χ4n) is 1.29. The van der Waals surface area contributed by atoms with Crippen LogP contribution in [0.25, 0.3) is 0 Å². The number of nitrogens with two attached hydrogens (primary N) is 1. The number of rotatable bonds is 4. The number of H-pyrrole nitrogens is 1. The molecule has 0 bridgehead atoms. The van der Waals surface area contributed by atoms with Gasteiger partial charge in [-0.25, -0.2) is 4.98 Å². The summed E-state index contributed by atoms with van der Waals surface area (Å²) in [5.41, 5.74) is 7.58. The Balaban J connectivity index is 2.05. The van der Waals surface area contributed by atoms with E-state index in [0.29, 0.717) is 4.99 Å². The average Bonchev–Trinajstić information content (AvgIpc) is 2.76. The third-order valence-electron chi connectivity index (χ3n) is 2.07. The molecule has 82 valence electrons. The molecule has 0 atom stereocenters. The lowest BCUT2D eigenvalue weighted by Crippen LogP contribution is -2.10. The van der Waals surface area contributed by atoms with Crippen molar-refractivity contribution in [2.24, 2.45) is 5.73 Å². The molecule has 3 N–H and O–H groups in total. The quantitative estimate of drug-likeness (QED) is 0.645. The molecule has 2 rings (SSSR count). The van der Waals surface area contributed by atoms with Crippen molar-refractivity contribution in [1.29, 1.82) is 0 Å². The van der Waals surface area contributed by atoms with E-state index >= 15 is 0 Å². The molecule has 2 aromatic rings. The third kappa shape index (κ3) is 2.62. The second-order valence-corrected chi connectivity index (χ2v) is 4.63. The molecule has 0 amide bonds. The molecule has 0 aliphatic carbocycles. The first-order chi connectivity index (χ1) is 7.77. The molecule has 0 fully saturated rings. The number of nitrogens with one attached hydrogen (secondary N) is 1. The predicted molar refractivity (Wildman–Crippen MR) is 70.5 cm³/mol. The number of hydrogen-bond acceptors (Lipinski definition) is 3. The van der Waals surface area contributed by atoms with E-state index in [1.54, 1.807) is 18.1 Å². The number of aromatic amines is 1. The van der Waals surface area contributed by atoms with E-state index in [1.807, 2.05) is 18.2 Å². The monoisotopic (exact) mass is 249 g/mol. The maximum absolute atomic E-state index is 5.57. The highest BCUT2D eigenvalue weighted by molar-refractivity contribution is 7.98. The van der Waals surface area contributed by atoms with Gasteiger partial charge in [-0.05, 0) is 5.56 Å². The lowest BCUT2D eigenvalue weighted by molar-refractivity contribution is 1.19. The first kappa shape index (κ1) is 11.2. The number of imidazole rings is 1. The van der Waals surface area contributed by atoms with E-state index in [-0.39, 0.29) is 0 Å². The Kier molecular flexibility index (Phi) is 3.58. The van der Waals surface area contributed by atoms with E-state index < -0.39 is 0 Å². The fraction of sp³-hybridized carbons (Fsp3) is 0.0909. The van der Waals surface area contributed by atoms with Gasteiger partial charge in [0.05, 0.1) is 6.33 Å². The Morgan fingerprint density at radius 3 is 2.81 bits per heavy atom. The maximum Gasteiger partial charge on any atom is 0.125 e. The molecule has 0 aliphatic rings. The minimum absolute atomic E-state index is 0.355. The number of thioether (sulfide) groups is 1. The standard InChI is InChI=1S/C11H11N3S2/c12-10(15)9-11(14-7-13-9)16-6-8-4-2-1-3-5-8/h1-5,7H,6H2,(H2,12,15)(H,13,14). The summed E-state index contributed by atoms with van der Waals surface area (Å²) in [4.78, 5) is 7.49. The van der Waals surface area contributed by atoms with Crippen LogP contribution in [0.2, 0.25) is 0 Å². The summed E-state index contributed by atoms with van der Waals surface area (Å²) in [5, 5.41) is 0.858. The minimum atomic E-state index is 0.355. The average molecular weight is 249 g/mol.